The highest BCUT2D eigenvalue weighted by molar-refractivity contribution is 5.91. The molecule has 1 N–H and O–H groups in total. The maximum Gasteiger partial charge on any atom is 0.394 e. The van der Waals surface area contributed by atoms with E-state index in [1.54, 1.807) is 11.8 Å². The van der Waals surface area contributed by atoms with Gasteiger partial charge in [0.2, 0.25) is 0 Å². The maximum absolute atomic E-state index is 12.8. The first-order valence-corrected chi connectivity index (χ1v) is 7.49. The van der Waals surface area contributed by atoms with E-state index >= 15 is 0 Å². The van der Waals surface area contributed by atoms with E-state index in [0.29, 0.717) is 26.2 Å². The summed E-state index contributed by atoms with van der Waals surface area (Å²) in [6, 6.07) is 3.05. The second kappa shape index (κ2) is 7.49. The van der Waals surface area contributed by atoms with Gasteiger partial charge in [0.1, 0.15) is 11.9 Å². The molecular formula is C15H17F3N4O2. The fourth-order valence-electron chi connectivity index (χ4n) is 2.45. The number of pyridine rings is 1. The molecule has 24 heavy (non-hydrogen) atoms. The molecule has 0 saturated carbocycles. The number of nitriles is 1. The first-order valence-electron chi connectivity index (χ1n) is 7.49. The number of carbonyl (C=O) groups is 1. The number of esters is 1. The summed E-state index contributed by atoms with van der Waals surface area (Å²) in [5.74, 6) is -0.737. The van der Waals surface area contributed by atoms with Crippen molar-refractivity contribution in [3.05, 3.63) is 22.9 Å². The highest BCUT2D eigenvalue weighted by Crippen LogP contribution is 2.27. The smallest absolute Gasteiger partial charge is 0.394 e. The second-order valence-corrected chi connectivity index (χ2v) is 5.22. The van der Waals surface area contributed by atoms with E-state index < -0.39 is 24.3 Å². The quantitative estimate of drug-likeness (QED) is 0.838. The Morgan fingerprint density at radius 2 is 2.12 bits per heavy atom. The van der Waals surface area contributed by atoms with Gasteiger partial charge in [-0.2, -0.15) is 18.4 Å². The molecule has 1 aliphatic heterocycles. The molecule has 0 aromatic carbocycles. The van der Waals surface area contributed by atoms with E-state index in [9.17, 15) is 23.2 Å². The summed E-state index contributed by atoms with van der Waals surface area (Å²) >= 11 is 0. The lowest BCUT2D eigenvalue weighted by Gasteiger charge is -2.29. The Hall–Kier alpha value is -2.34. The van der Waals surface area contributed by atoms with Crippen molar-refractivity contribution < 1.29 is 22.7 Å². The van der Waals surface area contributed by atoms with Crippen LogP contribution in [0.25, 0.3) is 0 Å². The number of anilines is 1. The summed E-state index contributed by atoms with van der Waals surface area (Å²) in [4.78, 5) is 17.7. The highest BCUT2D eigenvalue weighted by atomic mass is 19.4. The van der Waals surface area contributed by atoms with Gasteiger partial charge in [0, 0.05) is 26.2 Å². The van der Waals surface area contributed by atoms with Crippen LogP contribution in [0.1, 0.15) is 28.5 Å². The third-order valence-electron chi connectivity index (χ3n) is 3.48. The molecule has 1 saturated heterocycles. The van der Waals surface area contributed by atoms with Crippen LogP contribution < -0.4 is 10.2 Å². The fraction of sp³-hybridized carbons (Fsp3) is 0.533. The lowest BCUT2D eigenvalue weighted by atomic mass is 10.1. The second-order valence-electron chi connectivity index (χ2n) is 5.22. The van der Waals surface area contributed by atoms with Crippen LogP contribution in [0, 0.1) is 11.3 Å². The average molecular weight is 342 g/mol. The molecule has 0 radical (unpaired) electrons. The van der Waals surface area contributed by atoms with Gasteiger partial charge in [-0.1, -0.05) is 0 Å². The molecule has 6 nitrogen and oxygen atoms in total. The van der Waals surface area contributed by atoms with E-state index in [1.165, 1.54) is 0 Å². The molecular weight excluding hydrogens is 325 g/mol. The van der Waals surface area contributed by atoms with Crippen LogP contribution in [-0.2, 0) is 11.2 Å². The van der Waals surface area contributed by atoms with Crippen molar-refractivity contribution in [3.8, 4) is 6.07 Å². The third-order valence-corrected chi connectivity index (χ3v) is 3.48. The molecule has 0 unspecified atom stereocenters. The SMILES string of the molecule is CCOC(=O)c1cc(C#N)c(N2CCNCC2)nc1CC(F)(F)F. The largest absolute Gasteiger partial charge is 0.462 e. The van der Waals surface area contributed by atoms with Crippen molar-refractivity contribution in [1.29, 1.82) is 5.26 Å². The Morgan fingerprint density at radius 1 is 1.46 bits per heavy atom. The third kappa shape index (κ3) is 4.35. The molecule has 0 spiro atoms. The average Bonchev–Trinajstić information content (AvgIpc) is 2.54. The summed E-state index contributed by atoms with van der Waals surface area (Å²) in [5, 5.41) is 12.4. The maximum atomic E-state index is 12.8. The predicted octanol–water partition coefficient (Wildman–Crippen LogP) is 1.64. The molecule has 130 valence electrons. The van der Waals surface area contributed by atoms with E-state index in [-0.39, 0.29) is 23.6 Å². The number of alkyl halides is 3. The van der Waals surface area contributed by atoms with Crippen molar-refractivity contribution in [2.24, 2.45) is 0 Å². The summed E-state index contributed by atoms with van der Waals surface area (Å²) in [6.07, 6.45) is -5.88. The minimum Gasteiger partial charge on any atom is -0.462 e. The van der Waals surface area contributed by atoms with Crippen LogP contribution in [0.2, 0.25) is 0 Å². The standard InChI is InChI=1S/C15H17F3N4O2/c1-2-24-14(23)11-7-10(9-19)13(22-5-3-20-4-6-22)21-12(11)8-15(16,17)18/h7,20H,2-6,8H2,1H3. The molecule has 2 rings (SSSR count). The monoisotopic (exact) mass is 342 g/mol. The molecule has 1 aliphatic rings. The Labute approximate surface area is 137 Å². The van der Waals surface area contributed by atoms with Crippen molar-refractivity contribution in [2.45, 2.75) is 19.5 Å². The molecule has 1 aromatic heterocycles. The minimum atomic E-state index is -4.52. The van der Waals surface area contributed by atoms with E-state index in [0.717, 1.165) is 6.07 Å². The molecule has 1 aromatic rings. The zero-order valence-corrected chi connectivity index (χ0v) is 13.1. The topological polar surface area (TPSA) is 78.2 Å². The van der Waals surface area contributed by atoms with Gasteiger partial charge < -0.3 is 15.0 Å². The fourth-order valence-corrected chi connectivity index (χ4v) is 2.45. The lowest BCUT2D eigenvalue weighted by Crippen LogP contribution is -2.44. The number of hydrogen-bond acceptors (Lipinski definition) is 6. The van der Waals surface area contributed by atoms with Gasteiger partial charge >= 0.3 is 12.1 Å². The number of piperazine rings is 1. The summed E-state index contributed by atoms with van der Waals surface area (Å²) in [5.41, 5.74) is -0.677. The Morgan fingerprint density at radius 3 is 2.67 bits per heavy atom. The molecule has 0 amide bonds. The number of rotatable bonds is 4. The number of carbonyl (C=O) groups excluding carboxylic acids is 1. The van der Waals surface area contributed by atoms with Gasteiger partial charge in [-0.05, 0) is 13.0 Å². The van der Waals surface area contributed by atoms with Crippen LogP contribution in [0.3, 0.4) is 0 Å². The number of hydrogen-bond donors (Lipinski definition) is 1. The van der Waals surface area contributed by atoms with Gasteiger partial charge in [0.15, 0.2) is 0 Å². The van der Waals surface area contributed by atoms with Crippen molar-refractivity contribution in [3.63, 3.8) is 0 Å². The van der Waals surface area contributed by atoms with Crippen LogP contribution in [-0.4, -0.2) is 49.9 Å². The van der Waals surface area contributed by atoms with Gasteiger partial charge in [-0.3, -0.25) is 0 Å². The van der Waals surface area contributed by atoms with E-state index in [4.69, 9.17) is 4.74 Å². The van der Waals surface area contributed by atoms with Crippen LogP contribution >= 0.6 is 0 Å². The van der Waals surface area contributed by atoms with Gasteiger partial charge in [-0.15, -0.1) is 0 Å². The molecule has 2 heterocycles. The molecule has 0 aliphatic carbocycles. The normalized spacial score (nSPS) is 15.0. The number of ether oxygens (including phenoxy) is 1. The van der Waals surface area contributed by atoms with E-state index in [1.807, 2.05) is 6.07 Å². The zero-order chi connectivity index (χ0) is 17.7. The molecule has 1 fully saturated rings. The van der Waals surface area contributed by atoms with E-state index in [2.05, 4.69) is 10.3 Å². The summed E-state index contributed by atoms with van der Waals surface area (Å²) in [6.45, 7) is 3.89. The number of aromatic nitrogens is 1. The lowest BCUT2D eigenvalue weighted by molar-refractivity contribution is -0.127. The molecule has 9 heteroatoms. The van der Waals surface area contributed by atoms with Gasteiger partial charge in [0.25, 0.3) is 0 Å². The number of halogens is 3. The van der Waals surface area contributed by atoms with Gasteiger partial charge in [0.05, 0.1) is 29.8 Å². The first-order chi connectivity index (χ1) is 11.4. The number of nitrogens with zero attached hydrogens (tertiary/aromatic N) is 3. The zero-order valence-electron chi connectivity index (χ0n) is 13.1. The highest BCUT2D eigenvalue weighted by Gasteiger charge is 2.33. The van der Waals surface area contributed by atoms with Crippen molar-refractivity contribution in [2.75, 3.05) is 37.7 Å². The molecule has 0 bridgehead atoms. The van der Waals surface area contributed by atoms with Gasteiger partial charge in [-0.25, -0.2) is 9.78 Å². The number of nitrogens with one attached hydrogen (secondary N) is 1. The molecule has 0 atom stereocenters. The Balaban J connectivity index is 2.50. The predicted molar refractivity (Wildman–Crippen MR) is 79.8 cm³/mol. The van der Waals surface area contributed by atoms with Crippen molar-refractivity contribution in [1.82, 2.24) is 10.3 Å². The van der Waals surface area contributed by atoms with Crippen LogP contribution in [0.5, 0.6) is 0 Å². The van der Waals surface area contributed by atoms with Crippen LogP contribution in [0.15, 0.2) is 6.07 Å². The van der Waals surface area contributed by atoms with Crippen LogP contribution in [0.4, 0.5) is 19.0 Å². The first kappa shape index (κ1) is 18.0. The summed E-state index contributed by atoms with van der Waals surface area (Å²) < 4.78 is 43.3. The van der Waals surface area contributed by atoms with Crippen molar-refractivity contribution >= 4 is 11.8 Å². The Bertz CT molecular complexity index is 649. The Kier molecular flexibility index (Phi) is 5.62. The summed E-state index contributed by atoms with van der Waals surface area (Å²) in [7, 11) is 0. The minimum absolute atomic E-state index is 0.0196.